The Labute approximate surface area is 163 Å². The highest BCUT2D eigenvalue weighted by molar-refractivity contribution is 9.10. The Hall–Kier alpha value is -1.56. The molecule has 26 heavy (non-hydrogen) atoms. The van der Waals surface area contributed by atoms with E-state index in [9.17, 15) is 9.59 Å². The van der Waals surface area contributed by atoms with Gasteiger partial charge in [0.1, 0.15) is 10.4 Å². The summed E-state index contributed by atoms with van der Waals surface area (Å²) in [5.41, 5.74) is 0.443. The molecule has 2 amide bonds. The van der Waals surface area contributed by atoms with E-state index < -0.39 is 10.4 Å². The molecule has 0 spiro atoms. The lowest BCUT2D eigenvalue weighted by Gasteiger charge is -2.33. The second-order valence-corrected chi connectivity index (χ2v) is 9.32. The van der Waals surface area contributed by atoms with Crippen molar-refractivity contribution in [2.45, 2.75) is 50.1 Å². The number of carbonyl (C=O) groups excluding carboxylic acids is 2. The normalized spacial score (nSPS) is 24.4. The van der Waals surface area contributed by atoms with Crippen LogP contribution in [-0.2, 0) is 9.53 Å². The predicted octanol–water partition coefficient (Wildman–Crippen LogP) is 3.98. The second kappa shape index (κ2) is 7.59. The molecule has 1 aliphatic heterocycles. The molecule has 1 aliphatic carbocycles. The second-order valence-electron chi connectivity index (χ2n) is 8.21. The summed E-state index contributed by atoms with van der Waals surface area (Å²) in [6, 6.07) is 9.69. The first kappa shape index (κ1) is 19.2. The third-order valence-corrected chi connectivity index (χ3v) is 5.38. The molecule has 0 aromatic heterocycles. The molecule has 2 atom stereocenters. The zero-order valence-corrected chi connectivity index (χ0v) is 17.2. The highest BCUT2D eigenvalue weighted by Gasteiger charge is 2.40. The number of benzene rings is 1. The lowest BCUT2D eigenvalue weighted by Crippen LogP contribution is -2.42. The minimum atomic E-state index is -0.579. The van der Waals surface area contributed by atoms with Gasteiger partial charge in [0.2, 0.25) is 5.91 Å². The number of ether oxygens (including phenoxy) is 1. The average molecular weight is 423 g/mol. The monoisotopic (exact) mass is 422 g/mol. The molecule has 1 heterocycles. The molecule has 1 saturated carbocycles. The number of rotatable bonds is 3. The van der Waals surface area contributed by atoms with Crippen molar-refractivity contribution < 1.29 is 14.3 Å². The van der Waals surface area contributed by atoms with Crippen molar-refractivity contribution in [2.24, 2.45) is 5.92 Å². The van der Waals surface area contributed by atoms with Crippen LogP contribution in [0.25, 0.3) is 0 Å². The smallest absolute Gasteiger partial charge is 0.410 e. The van der Waals surface area contributed by atoms with E-state index in [0.717, 1.165) is 12.1 Å². The van der Waals surface area contributed by atoms with E-state index in [1.807, 2.05) is 56.0 Å². The van der Waals surface area contributed by atoms with Crippen LogP contribution in [-0.4, -0.2) is 51.9 Å². The van der Waals surface area contributed by atoms with Gasteiger partial charge < -0.3 is 9.64 Å². The van der Waals surface area contributed by atoms with Gasteiger partial charge in [-0.15, -0.1) is 0 Å². The standard InChI is InChI=1S/C20H27BrN2O3/c1-20(2,3)26-19(25)23-12-16(21)18(24)22(11-14-9-10-14)13-17(23)15-7-5-4-6-8-15/h4-8,14,16-17H,9-13H2,1-3H3. The van der Waals surface area contributed by atoms with Gasteiger partial charge in [0.05, 0.1) is 6.04 Å². The molecule has 2 fully saturated rings. The highest BCUT2D eigenvalue weighted by Crippen LogP contribution is 2.34. The largest absolute Gasteiger partial charge is 0.444 e. The van der Waals surface area contributed by atoms with Crippen LogP contribution in [0.2, 0.25) is 0 Å². The van der Waals surface area contributed by atoms with Gasteiger partial charge in [0, 0.05) is 19.6 Å². The van der Waals surface area contributed by atoms with Gasteiger partial charge in [-0.3, -0.25) is 9.69 Å². The van der Waals surface area contributed by atoms with E-state index in [4.69, 9.17) is 4.74 Å². The van der Waals surface area contributed by atoms with Crippen LogP contribution in [0.1, 0.15) is 45.2 Å². The summed E-state index contributed by atoms with van der Waals surface area (Å²) in [7, 11) is 0. The van der Waals surface area contributed by atoms with Crippen molar-refractivity contribution in [3.05, 3.63) is 35.9 Å². The fourth-order valence-corrected chi connectivity index (χ4v) is 3.83. The number of halogens is 1. The molecule has 1 aromatic rings. The molecule has 3 rings (SSSR count). The van der Waals surface area contributed by atoms with Crippen LogP contribution >= 0.6 is 15.9 Å². The van der Waals surface area contributed by atoms with Gasteiger partial charge in [0.15, 0.2) is 0 Å². The van der Waals surface area contributed by atoms with Crippen LogP contribution in [0.3, 0.4) is 0 Å². The molecule has 142 valence electrons. The van der Waals surface area contributed by atoms with Crippen LogP contribution in [0.5, 0.6) is 0 Å². The van der Waals surface area contributed by atoms with Crippen LogP contribution < -0.4 is 0 Å². The van der Waals surface area contributed by atoms with Crippen LogP contribution in [0.15, 0.2) is 30.3 Å². The van der Waals surface area contributed by atoms with Crippen molar-refractivity contribution in [3.8, 4) is 0 Å². The maximum absolute atomic E-state index is 12.9. The Morgan fingerprint density at radius 3 is 2.42 bits per heavy atom. The quantitative estimate of drug-likeness (QED) is 0.692. The summed E-state index contributed by atoms with van der Waals surface area (Å²) in [5.74, 6) is 0.659. The van der Waals surface area contributed by atoms with E-state index in [-0.39, 0.29) is 18.0 Å². The summed E-state index contributed by atoms with van der Waals surface area (Å²) in [5, 5.41) is 0. The fraction of sp³-hybridized carbons (Fsp3) is 0.600. The number of alkyl halides is 1. The highest BCUT2D eigenvalue weighted by atomic mass is 79.9. The minimum absolute atomic E-state index is 0.0592. The number of carbonyl (C=O) groups is 2. The van der Waals surface area contributed by atoms with Gasteiger partial charge in [-0.1, -0.05) is 46.3 Å². The molecule has 2 unspecified atom stereocenters. The Bertz CT molecular complexity index is 655. The predicted molar refractivity (Wildman–Crippen MR) is 104 cm³/mol. The zero-order chi connectivity index (χ0) is 18.9. The Morgan fingerprint density at radius 2 is 1.85 bits per heavy atom. The molecule has 0 radical (unpaired) electrons. The molecule has 0 bridgehead atoms. The van der Waals surface area contributed by atoms with Crippen molar-refractivity contribution in [2.75, 3.05) is 19.6 Å². The van der Waals surface area contributed by atoms with Crippen molar-refractivity contribution in [1.29, 1.82) is 0 Å². The minimum Gasteiger partial charge on any atom is -0.444 e. The number of nitrogens with zero attached hydrogens (tertiary/aromatic N) is 2. The topological polar surface area (TPSA) is 49.9 Å². The molecule has 5 nitrogen and oxygen atoms in total. The van der Waals surface area contributed by atoms with Crippen molar-refractivity contribution in [1.82, 2.24) is 9.80 Å². The molecule has 1 saturated heterocycles. The SMILES string of the molecule is CC(C)(C)OC(=O)N1CC(Br)C(=O)N(CC2CC2)CC1c1ccccc1. The Morgan fingerprint density at radius 1 is 1.19 bits per heavy atom. The van der Waals surface area contributed by atoms with Gasteiger partial charge in [-0.25, -0.2) is 4.79 Å². The molecular weight excluding hydrogens is 396 g/mol. The molecule has 1 aromatic carbocycles. The summed E-state index contributed by atoms with van der Waals surface area (Å²) in [6.45, 7) is 7.14. The van der Waals surface area contributed by atoms with E-state index in [1.165, 1.54) is 12.8 Å². The summed E-state index contributed by atoms with van der Waals surface area (Å²) in [6.07, 6.45) is 1.99. The molecular formula is C20H27BrN2O3. The van der Waals surface area contributed by atoms with Crippen molar-refractivity contribution in [3.63, 3.8) is 0 Å². The number of hydrogen-bond donors (Lipinski definition) is 0. The summed E-state index contributed by atoms with van der Waals surface area (Å²) < 4.78 is 5.63. The zero-order valence-electron chi connectivity index (χ0n) is 15.7. The fourth-order valence-electron chi connectivity index (χ4n) is 3.23. The molecule has 2 aliphatic rings. The molecule has 0 N–H and O–H groups in total. The van der Waals surface area contributed by atoms with Gasteiger partial charge >= 0.3 is 6.09 Å². The van der Waals surface area contributed by atoms with Crippen LogP contribution in [0.4, 0.5) is 4.79 Å². The van der Waals surface area contributed by atoms with E-state index in [0.29, 0.717) is 19.0 Å². The van der Waals surface area contributed by atoms with E-state index >= 15 is 0 Å². The first-order chi connectivity index (χ1) is 12.2. The first-order valence-electron chi connectivity index (χ1n) is 9.22. The van der Waals surface area contributed by atoms with Gasteiger partial charge in [-0.2, -0.15) is 0 Å². The van der Waals surface area contributed by atoms with Gasteiger partial charge in [-0.05, 0) is 45.1 Å². The lowest BCUT2D eigenvalue weighted by molar-refractivity contribution is -0.130. The van der Waals surface area contributed by atoms with Crippen LogP contribution in [0, 0.1) is 5.92 Å². The maximum atomic E-state index is 12.9. The summed E-state index contributed by atoms with van der Waals surface area (Å²) >= 11 is 3.50. The maximum Gasteiger partial charge on any atom is 0.410 e. The average Bonchev–Trinajstić information content (AvgIpc) is 3.39. The first-order valence-corrected chi connectivity index (χ1v) is 10.1. The summed E-state index contributed by atoms with van der Waals surface area (Å²) in [4.78, 5) is 28.9. The van der Waals surface area contributed by atoms with Crippen molar-refractivity contribution >= 4 is 27.9 Å². The van der Waals surface area contributed by atoms with E-state index in [2.05, 4.69) is 15.9 Å². The Kier molecular flexibility index (Phi) is 5.61. The third kappa shape index (κ3) is 4.78. The number of amides is 2. The Balaban J connectivity index is 1.91. The van der Waals surface area contributed by atoms with Gasteiger partial charge in [0.25, 0.3) is 0 Å². The number of hydrogen-bond acceptors (Lipinski definition) is 3. The van der Waals surface area contributed by atoms with E-state index in [1.54, 1.807) is 4.90 Å². The molecule has 6 heteroatoms. The third-order valence-electron chi connectivity index (χ3n) is 4.69. The lowest BCUT2D eigenvalue weighted by atomic mass is 10.1.